The fraction of sp³-hybridized carbons (Fsp3) is 0.571. The standard InChI is InChI=1S/C14H23N3/c1-3-5-6-7-8-9-13(16-4-2)14-10-11-15-12-17-14/h3,10-13,16H,1,4-9H2,2H3. The van der Waals surface area contributed by atoms with Crippen molar-refractivity contribution in [2.75, 3.05) is 6.54 Å². The lowest BCUT2D eigenvalue weighted by molar-refractivity contribution is 0.474. The number of allylic oxidation sites excluding steroid dienone is 1. The van der Waals surface area contributed by atoms with Crippen LogP contribution in [0.3, 0.4) is 0 Å². The van der Waals surface area contributed by atoms with Gasteiger partial charge in [0, 0.05) is 12.2 Å². The molecule has 0 radical (unpaired) electrons. The lowest BCUT2D eigenvalue weighted by atomic mass is 10.0. The molecule has 1 atom stereocenters. The van der Waals surface area contributed by atoms with Crippen LogP contribution in [-0.2, 0) is 0 Å². The topological polar surface area (TPSA) is 37.8 Å². The van der Waals surface area contributed by atoms with E-state index in [1.807, 2.05) is 18.3 Å². The van der Waals surface area contributed by atoms with Crippen LogP contribution in [0.1, 0.15) is 50.8 Å². The Hall–Kier alpha value is -1.22. The summed E-state index contributed by atoms with van der Waals surface area (Å²) in [4.78, 5) is 8.28. The molecule has 0 saturated heterocycles. The predicted molar refractivity (Wildman–Crippen MR) is 71.7 cm³/mol. The third kappa shape index (κ3) is 5.59. The zero-order chi connectivity index (χ0) is 12.3. The van der Waals surface area contributed by atoms with E-state index >= 15 is 0 Å². The summed E-state index contributed by atoms with van der Waals surface area (Å²) >= 11 is 0. The van der Waals surface area contributed by atoms with Gasteiger partial charge in [-0.15, -0.1) is 6.58 Å². The normalized spacial score (nSPS) is 12.3. The second-order valence-electron chi connectivity index (χ2n) is 4.17. The molecule has 0 aliphatic heterocycles. The molecule has 17 heavy (non-hydrogen) atoms. The fourth-order valence-electron chi connectivity index (χ4n) is 1.92. The molecule has 1 aromatic heterocycles. The summed E-state index contributed by atoms with van der Waals surface area (Å²) in [6, 6.07) is 2.36. The van der Waals surface area contributed by atoms with Crippen LogP contribution in [0.5, 0.6) is 0 Å². The van der Waals surface area contributed by atoms with Gasteiger partial charge in [0.25, 0.3) is 0 Å². The van der Waals surface area contributed by atoms with Gasteiger partial charge in [0.2, 0.25) is 0 Å². The van der Waals surface area contributed by atoms with Crippen molar-refractivity contribution in [2.45, 2.75) is 45.1 Å². The number of aromatic nitrogens is 2. The van der Waals surface area contributed by atoms with Crippen molar-refractivity contribution in [3.8, 4) is 0 Å². The summed E-state index contributed by atoms with van der Waals surface area (Å²) in [6.07, 6.45) is 11.4. The quantitative estimate of drug-likeness (QED) is 0.525. The largest absolute Gasteiger partial charge is 0.309 e. The van der Waals surface area contributed by atoms with E-state index in [-0.39, 0.29) is 0 Å². The monoisotopic (exact) mass is 233 g/mol. The zero-order valence-corrected chi connectivity index (χ0v) is 10.7. The molecule has 3 heteroatoms. The molecule has 0 amide bonds. The van der Waals surface area contributed by atoms with Gasteiger partial charge in [-0.2, -0.15) is 0 Å². The molecule has 1 N–H and O–H groups in total. The van der Waals surface area contributed by atoms with Crippen LogP contribution in [0.4, 0.5) is 0 Å². The molecule has 1 aromatic rings. The predicted octanol–water partition coefficient (Wildman–Crippen LogP) is 3.26. The molecular weight excluding hydrogens is 210 g/mol. The molecular formula is C14H23N3. The number of rotatable bonds is 9. The smallest absolute Gasteiger partial charge is 0.115 e. The van der Waals surface area contributed by atoms with Gasteiger partial charge in [-0.25, -0.2) is 9.97 Å². The first-order chi connectivity index (χ1) is 8.38. The maximum atomic E-state index is 4.32. The average Bonchev–Trinajstić information content (AvgIpc) is 2.38. The Kier molecular flexibility index (Phi) is 7.23. The SMILES string of the molecule is C=CCCCCCC(NCC)c1ccncn1. The lowest BCUT2D eigenvalue weighted by Crippen LogP contribution is -2.21. The van der Waals surface area contributed by atoms with E-state index in [0.717, 1.165) is 25.1 Å². The molecule has 0 aromatic carbocycles. The summed E-state index contributed by atoms with van der Waals surface area (Å²) in [5, 5.41) is 3.48. The van der Waals surface area contributed by atoms with E-state index in [2.05, 4.69) is 28.8 Å². The Labute approximate surface area is 104 Å². The van der Waals surface area contributed by atoms with Crippen LogP contribution in [0, 0.1) is 0 Å². The first kappa shape index (κ1) is 13.8. The fourth-order valence-corrected chi connectivity index (χ4v) is 1.92. The Balaban J connectivity index is 2.36. The van der Waals surface area contributed by atoms with Gasteiger partial charge >= 0.3 is 0 Å². The van der Waals surface area contributed by atoms with Crippen LogP contribution < -0.4 is 5.32 Å². The molecule has 0 aliphatic carbocycles. The minimum atomic E-state index is 0.367. The second kappa shape index (κ2) is 8.88. The highest BCUT2D eigenvalue weighted by atomic mass is 14.9. The van der Waals surface area contributed by atoms with Gasteiger partial charge in [-0.3, -0.25) is 0 Å². The van der Waals surface area contributed by atoms with Crippen molar-refractivity contribution in [3.05, 3.63) is 36.9 Å². The highest BCUT2D eigenvalue weighted by Crippen LogP contribution is 2.17. The molecule has 1 heterocycles. The molecule has 0 saturated carbocycles. The van der Waals surface area contributed by atoms with Crippen LogP contribution in [0.15, 0.2) is 31.2 Å². The molecule has 0 spiro atoms. The lowest BCUT2D eigenvalue weighted by Gasteiger charge is -2.16. The minimum absolute atomic E-state index is 0.367. The van der Waals surface area contributed by atoms with Gasteiger partial charge in [0.05, 0.1) is 5.69 Å². The van der Waals surface area contributed by atoms with E-state index in [1.54, 1.807) is 6.33 Å². The highest BCUT2D eigenvalue weighted by molar-refractivity contribution is 5.04. The number of hydrogen-bond acceptors (Lipinski definition) is 3. The van der Waals surface area contributed by atoms with Gasteiger partial charge in [0.15, 0.2) is 0 Å². The molecule has 3 nitrogen and oxygen atoms in total. The summed E-state index contributed by atoms with van der Waals surface area (Å²) in [6.45, 7) is 6.85. The van der Waals surface area contributed by atoms with Crippen LogP contribution in [-0.4, -0.2) is 16.5 Å². The van der Waals surface area contributed by atoms with Crippen molar-refractivity contribution in [1.29, 1.82) is 0 Å². The first-order valence-corrected chi connectivity index (χ1v) is 6.48. The number of nitrogens with zero attached hydrogens (tertiary/aromatic N) is 2. The third-order valence-corrected chi connectivity index (χ3v) is 2.81. The van der Waals surface area contributed by atoms with Crippen molar-refractivity contribution >= 4 is 0 Å². The summed E-state index contributed by atoms with van der Waals surface area (Å²) in [5.41, 5.74) is 1.10. The van der Waals surface area contributed by atoms with Gasteiger partial charge in [0.1, 0.15) is 6.33 Å². The Bertz CT molecular complexity index is 298. The van der Waals surface area contributed by atoms with E-state index in [1.165, 1.54) is 19.3 Å². The Morgan fingerprint density at radius 1 is 1.41 bits per heavy atom. The molecule has 1 rings (SSSR count). The maximum Gasteiger partial charge on any atom is 0.115 e. The van der Waals surface area contributed by atoms with Crippen molar-refractivity contribution in [2.24, 2.45) is 0 Å². The Morgan fingerprint density at radius 2 is 2.29 bits per heavy atom. The molecule has 0 fully saturated rings. The second-order valence-corrected chi connectivity index (χ2v) is 4.17. The number of unbranched alkanes of at least 4 members (excludes halogenated alkanes) is 3. The minimum Gasteiger partial charge on any atom is -0.309 e. The van der Waals surface area contributed by atoms with Crippen LogP contribution >= 0.6 is 0 Å². The summed E-state index contributed by atoms with van der Waals surface area (Å²) < 4.78 is 0. The Morgan fingerprint density at radius 3 is 2.94 bits per heavy atom. The van der Waals surface area contributed by atoms with Gasteiger partial charge in [-0.05, 0) is 31.9 Å². The molecule has 0 aliphatic rings. The van der Waals surface area contributed by atoms with Crippen LogP contribution in [0.2, 0.25) is 0 Å². The number of nitrogens with one attached hydrogen (secondary N) is 1. The highest BCUT2D eigenvalue weighted by Gasteiger charge is 2.10. The maximum absolute atomic E-state index is 4.32. The summed E-state index contributed by atoms with van der Waals surface area (Å²) in [7, 11) is 0. The summed E-state index contributed by atoms with van der Waals surface area (Å²) in [5.74, 6) is 0. The zero-order valence-electron chi connectivity index (χ0n) is 10.7. The van der Waals surface area contributed by atoms with Crippen molar-refractivity contribution < 1.29 is 0 Å². The van der Waals surface area contributed by atoms with Crippen molar-refractivity contribution in [3.63, 3.8) is 0 Å². The molecule has 0 bridgehead atoms. The first-order valence-electron chi connectivity index (χ1n) is 6.48. The average molecular weight is 233 g/mol. The third-order valence-electron chi connectivity index (χ3n) is 2.81. The van der Waals surface area contributed by atoms with E-state index in [9.17, 15) is 0 Å². The molecule has 94 valence electrons. The van der Waals surface area contributed by atoms with Gasteiger partial charge < -0.3 is 5.32 Å². The van der Waals surface area contributed by atoms with Crippen LogP contribution in [0.25, 0.3) is 0 Å². The molecule has 1 unspecified atom stereocenters. The van der Waals surface area contributed by atoms with E-state index < -0.39 is 0 Å². The number of hydrogen-bond donors (Lipinski definition) is 1. The van der Waals surface area contributed by atoms with Crippen molar-refractivity contribution in [1.82, 2.24) is 15.3 Å². The van der Waals surface area contributed by atoms with E-state index in [4.69, 9.17) is 0 Å². The van der Waals surface area contributed by atoms with E-state index in [0.29, 0.717) is 6.04 Å². The van der Waals surface area contributed by atoms with Gasteiger partial charge in [-0.1, -0.05) is 25.8 Å².